The summed E-state index contributed by atoms with van der Waals surface area (Å²) in [6.07, 6.45) is 0.604. The predicted octanol–water partition coefficient (Wildman–Crippen LogP) is 2.12. The molecule has 0 unspecified atom stereocenters. The molecule has 0 bridgehead atoms. The van der Waals surface area contributed by atoms with Gasteiger partial charge in [-0.15, -0.1) is 12.4 Å². The first kappa shape index (κ1) is 18.4. The van der Waals surface area contributed by atoms with E-state index < -0.39 is 0 Å². The molecule has 21 heavy (non-hydrogen) atoms. The first-order valence-electron chi connectivity index (χ1n) is 7.06. The van der Waals surface area contributed by atoms with Gasteiger partial charge in [-0.2, -0.15) is 0 Å². The van der Waals surface area contributed by atoms with Crippen LogP contribution in [0.5, 0.6) is 0 Å². The standard InChI is InChI=1S/C15H22BrN3O.ClH/c1-18(12-13-2-4-14(16)5-3-13)9-6-15(20)19-10-7-17-8-11-19;/h2-5,17H,6-12H2,1H3;1H. The number of amides is 1. The number of rotatable bonds is 5. The lowest BCUT2D eigenvalue weighted by molar-refractivity contribution is -0.132. The maximum absolute atomic E-state index is 12.1. The third-order valence-electron chi connectivity index (χ3n) is 3.54. The largest absolute Gasteiger partial charge is 0.340 e. The minimum Gasteiger partial charge on any atom is -0.340 e. The number of hydrogen-bond donors (Lipinski definition) is 1. The van der Waals surface area contributed by atoms with Gasteiger partial charge in [0.2, 0.25) is 5.91 Å². The number of nitrogens with zero attached hydrogens (tertiary/aromatic N) is 2. The molecule has 1 aliphatic rings. The summed E-state index contributed by atoms with van der Waals surface area (Å²) in [4.78, 5) is 16.2. The van der Waals surface area contributed by atoms with Crippen molar-refractivity contribution in [2.24, 2.45) is 0 Å². The van der Waals surface area contributed by atoms with Crippen molar-refractivity contribution < 1.29 is 4.79 Å². The highest BCUT2D eigenvalue weighted by Crippen LogP contribution is 2.12. The molecule has 1 heterocycles. The van der Waals surface area contributed by atoms with E-state index in [9.17, 15) is 4.79 Å². The molecule has 0 radical (unpaired) electrons. The molecular formula is C15H23BrClN3O. The molecule has 0 aliphatic carbocycles. The molecule has 118 valence electrons. The Labute approximate surface area is 141 Å². The van der Waals surface area contributed by atoms with Gasteiger partial charge in [-0.3, -0.25) is 4.79 Å². The first-order valence-corrected chi connectivity index (χ1v) is 7.86. The highest BCUT2D eigenvalue weighted by Gasteiger charge is 2.16. The smallest absolute Gasteiger partial charge is 0.223 e. The summed E-state index contributed by atoms with van der Waals surface area (Å²) in [5.41, 5.74) is 1.27. The molecule has 0 spiro atoms. The van der Waals surface area contributed by atoms with Crippen molar-refractivity contribution in [1.82, 2.24) is 15.1 Å². The third kappa shape index (κ3) is 6.34. The SMILES string of the molecule is CN(CCC(=O)N1CCNCC1)Cc1ccc(Br)cc1.Cl. The number of carbonyl (C=O) groups is 1. The van der Waals surface area contributed by atoms with Crippen molar-refractivity contribution in [2.75, 3.05) is 39.8 Å². The number of benzene rings is 1. The fourth-order valence-corrected chi connectivity index (χ4v) is 2.60. The first-order chi connectivity index (χ1) is 9.65. The lowest BCUT2D eigenvalue weighted by Gasteiger charge is -2.28. The highest BCUT2D eigenvalue weighted by molar-refractivity contribution is 9.10. The van der Waals surface area contributed by atoms with Gasteiger partial charge in [0.1, 0.15) is 0 Å². The predicted molar refractivity (Wildman–Crippen MR) is 91.8 cm³/mol. The Hall–Kier alpha value is -0.620. The van der Waals surface area contributed by atoms with E-state index in [1.165, 1.54) is 5.56 Å². The van der Waals surface area contributed by atoms with E-state index in [4.69, 9.17) is 0 Å². The minimum atomic E-state index is 0. The summed E-state index contributed by atoms with van der Waals surface area (Å²) in [5, 5.41) is 3.26. The van der Waals surface area contributed by atoms with E-state index >= 15 is 0 Å². The van der Waals surface area contributed by atoms with Crippen LogP contribution in [-0.2, 0) is 11.3 Å². The van der Waals surface area contributed by atoms with Gasteiger partial charge in [-0.25, -0.2) is 0 Å². The van der Waals surface area contributed by atoms with Gasteiger partial charge in [0.05, 0.1) is 0 Å². The summed E-state index contributed by atoms with van der Waals surface area (Å²) < 4.78 is 1.10. The summed E-state index contributed by atoms with van der Waals surface area (Å²) in [5.74, 6) is 0.272. The van der Waals surface area contributed by atoms with Gasteiger partial charge in [-0.05, 0) is 24.7 Å². The van der Waals surface area contributed by atoms with Crippen LogP contribution in [0.2, 0.25) is 0 Å². The normalized spacial score (nSPS) is 14.9. The van der Waals surface area contributed by atoms with Gasteiger partial charge in [0, 0.05) is 50.2 Å². The molecule has 1 aromatic carbocycles. The maximum Gasteiger partial charge on any atom is 0.223 e. The second kappa shape index (κ2) is 9.41. The second-order valence-corrected chi connectivity index (χ2v) is 6.16. The van der Waals surface area contributed by atoms with Crippen molar-refractivity contribution >= 4 is 34.2 Å². The molecule has 0 atom stereocenters. The van der Waals surface area contributed by atoms with Crippen molar-refractivity contribution in [3.05, 3.63) is 34.3 Å². The van der Waals surface area contributed by atoms with E-state index in [2.05, 4.69) is 57.5 Å². The van der Waals surface area contributed by atoms with Crippen LogP contribution >= 0.6 is 28.3 Å². The molecular weight excluding hydrogens is 354 g/mol. The Morgan fingerprint density at radius 2 is 1.90 bits per heavy atom. The summed E-state index contributed by atoms with van der Waals surface area (Å²) in [7, 11) is 2.06. The van der Waals surface area contributed by atoms with Crippen molar-refractivity contribution in [2.45, 2.75) is 13.0 Å². The third-order valence-corrected chi connectivity index (χ3v) is 4.07. The molecule has 1 aromatic rings. The molecule has 1 fully saturated rings. The van der Waals surface area contributed by atoms with E-state index in [-0.39, 0.29) is 18.3 Å². The van der Waals surface area contributed by atoms with Crippen molar-refractivity contribution in [3.63, 3.8) is 0 Å². The second-order valence-electron chi connectivity index (χ2n) is 5.25. The quantitative estimate of drug-likeness (QED) is 0.855. The molecule has 4 nitrogen and oxygen atoms in total. The molecule has 0 saturated carbocycles. The highest BCUT2D eigenvalue weighted by atomic mass is 79.9. The Bertz CT molecular complexity index is 435. The summed E-state index contributed by atoms with van der Waals surface area (Å²) in [6, 6.07) is 8.32. The van der Waals surface area contributed by atoms with Crippen LogP contribution in [0, 0.1) is 0 Å². The van der Waals surface area contributed by atoms with Gasteiger partial charge < -0.3 is 15.1 Å². The number of piperazine rings is 1. The molecule has 1 aliphatic heterocycles. The van der Waals surface area contributed by atoms with Crippen LogP contribution in [0.15, 0.2) is 28.7 Å². The Morgan fingerprint density at radius 3 is 2.52 bits per heavy atom. The molecule has 1 amide bonds. The van der Waals surface area contributed by atoms with Crippen LogP contribution < -0.4 is 5.32 Å². The zero-order valence-electron chi connectivity index (χ0n) is 12.3. The van der Waals surface area contributed by atoms with Gasteiger partial charge in [0.25, 0.3) is 0 Å². The van der Waals surface area contributed by atoms with E-state index in [1.54, 1.807) is 0 Å². The fourth-order valence-electron chi connectivity index (χ4n) is 2.34. The van der Waals surface area contributed by atoms with E-state index in [0.29, 0.717) is 6.42 Å². The van der Waals surface area contributed by atoms with Crippen LogP contribution in [-0.4, -0.2) is 55.5 Å². The average Bonchev–Trinajstić information content (AvgIpc) is 2.48. The lowest BCUT2D eigenvalue weighted by Crippen LogP contribution is -2.47. The molecule has 6 heteroatoms. The molecule has 0 aromatic heterocycles. The van der Waals surface area contributed by atoms with Gasteiger partial charge >= 0.3 is 0 Å². The Morgan fingerprint density at radius 1 is 1.29 bits per heavy atom. The monoisotopic (exact) mass is 375 g/mol. The van der Waals surface area contributed by atoms with E-state index in [1.807, 2.05) is 4.90 Å². The van der Waals surface area contributed by atoms with Crippen LogP contribution in [0.3, 0.4) is 0 Å². The maximum atomic E-state index is 12.1. The zero-order chi connectivity index (χ0) is 14.4. The van der Waals surface area contributed by atoms with Gasteiger partial charge in [-0.1, -0.05) is 28.1 Å². The summed E-state index contributed by atoms with van der Waals surface area (Å²) >= 11 is 3.44. The summed E-state index contributed by atoms with van der Waals surface area (Å²) in [6.45, 7) is 5.20. The number of hydrogen-bond acceptors (Lipinski definition) is 3. The molecule has 1 saturated heterocycles. The average molecular weight is 377 g/mol. The molecule has 1 N–H and O–H groups in total. The minimum absolute atomic E-state index is 0. The fraction of sp³-hybridized carbons (Fsp3) is 0.533. The van der Waals surface area contributed by atoms with E-state index in [0.717, 1.165) is 43.7 Å². The van der Waals surface area contributed by atoms with Crippen LogP contribution in [0.4, 0.5) is 0 Å². The molecule has 2 rings (SSSR count). The number of carbonyl (C=O) groups excluding carboxylic acids is 1. The van der Waals surface area contributed by atoms with Crippen LogP contribution in [0.1, 0.15) is 12.0 Å². The van der Waals surface area contributed by atoms with Gasteiger partial charge in [0.15, 0.2) is 0 Å². The van der Waals surface area contributed by atoms with Crippen molar-refractivity contribution in [1.29, 1.82) is 0 Å². The lowest BCUT2D eigenvalue weighted by atomic mass is 10.2. The van der Waals surface area contributed by atoms with Crippen LogP contribution in [0.25, 0.3) is 0 Å². The number of halogens is 2. The zero-order valence-corrected chi connectivity index (χ0v) is 14.8. The Balaban J connectivity index is 0.00000220. The topological polar surface area (TPSA) is 35.6 Å². The van der Waals surface area contributed by atoms with Crippen molar-refractivity contribution in [3.8, 4) is 0 Å². The Kier molecular flexibility index (Phi) is 8.26. The number of nitrogens with one attached hydrogen (secondary N) is 1.